The van der Waals surface area contributed by atoms with Crippen LogP contribution in [0.15, 0.2) is 42.5 Å². The summed E-state index contributed by atoms with van der Waals surface area (Å²) >= 11 is 0. The quantitative estimate of drug-likeness (QED) is 0.821. The predicted molar refractivity (Wildman–Crippen MR) is 108 cm³/mol. The number of likely N-dealkylation sites (tertiary alicyclic amines) is 1. The van der Waals surface area contributed by atoms with Gasteiger partial charge < -0.3 is 14.9 Å². The Morgan fingerprint density at radius 1 is 1.21 bits per heavy atom. The van der Waals surface area contributed by atoms with Crippen LogP contribution in [0.1, 0.15) is 50.7 Å². The van der Waals surface area contributed by atoms with Crippen molar-refractivity contribution < 1.29 is 14.7 Å². The zero-order chi connectivity index (χ0) is 20.1. The molecule has 0 aromatic heterocycles. The summed E-state index contributed by atoms with van der Waals surface area (Å²) in [6.45, 7) is 9.04. The maximum absolute atomic E-state index is 13.6. The molecule has 3 aliphatic rings. The summed E-state index contributed by atoms with van der Waals surface area (Å²) in [5, 5.41) is 11.5. The molecular weight excluding hydrogens is 352 g/mol. The highest BCUT2D eigenvalue weighted by Gasteiger charge is 2.59. The van der Waals surface area contributed by atoms with Gasteiger partial charge in [0.1, 0.15) is 0 Å². The molecule has 3 aliphatic heterocycles. The molecule has 1 atom stereocenters. The molecule has 1 aromatic rings. The minimum atomic E-state index is -1.86. The lowest BCUT2D eigenvalue weighted by molar-refractivity contribution is -0.147. The summed E-state index contributed by atoms with van der Waals surface area (Å²) in [6, 6.07) is 7.88. The molecule has 148 valence electrons. The fourth-order valence-electron chi connectivity index (χ4n) is 4.92. The molecular formula is C23H28N2O3. The summed E-state index contributed by atoms with van der Waals surface area (Å²) in [6.07, 6.45) is 5.24. The van der Waals surface area contributed by atoms with Gasteiger partial charge in [-0.2, -0.15) is 0 Å². The second-order valence-corrected chi connectivity index (χ2v) is 8.72. The van der Waals surface area contributed by atoms with Gasteiger partial charge >= 0.3 is 0 Å². The van der Waals surface area contributed by atoms with Crippen molar-refractivity contribution >= 4 is 17.5 Å². The van der Waals surface area contributed by atoms with Gasteiger partial charge in [-0.05, 0) is 45.1 Å². The van der Waals surface area contributed by atoms with Crippen LogP contribution in [-0.2, 0) is 16.0 Å². The van der Waals surface area contributed by atoms with Gasteiger partial charge in [-0.3, -0.25) is 9.59 Å². The van der Waals surface area contributed by atoms with Crippen molar-refractivity contribution in [2.45, 2.75) is 57.1 Å². The van der Waals surface area contributed by atoms with Crippen LogP contribution < -0.4 is 0 Å². The summed E-state index contributed by atoms with van der Waals surface area (Å²) in [5.74, 6) is -0.635. The van der Waals surface area contributed by atoms with E-state index in [1.165, 1.54) is 6.08 Å². The molecule has 4 rings (SSSR count). The average Bonchev–Trinajstić information content (AvgIpc) is 2.90. The monoisotopic (exact) mass is 380 g/mol. The first-order valence-corrected chi connectivity index (χ1v) is 10.1. The Balaban J connectivity index is 1.97. The molecule has 0 aliphatic carbocycles. The van der Waals surface area contributed by atoms with Crippen molar-refractivity contribution in [2.75, 3.05) is 13.1 Å². The van der Waals surface area contributed by atoms with Gasteiger partial charge in [-0.15, -0.1) is 6.58 Å². The van der Waals surface area contributed by atoms with Gasteiger partial charge in [0.15, 0.2) is 5.60 Å². The molecule has 1 N–H and O–H groups in total. The van der Waals surface area contributed by atoms with Crippen molar-refractivity contribution in [1.82, 2.24) is 9.80 Å². The van der Waals surface area contributed by atoms with Gasteiger partial charge in [0, 0.05) is 30.6 Å². The first kappa shape index (κ1) is 18.9. The van der Waals surface area contributed by atoms with E-state index in [9.17, 15) is 14.7 Å². The van der Waals surface area contributed by atoms with Crippen LogP contribution in [-0.4, -0.2) is 51.0 Å². The van der Waals surface area contributed by atoms with Crippen LogP contribution >= 0.6 is 0 Å². The molecule has 0 radical (unpaired) electrons. The highest BCUT2D eigenvalue weighted by Crippen LogP contribution is 2.49. The number of fused-ring (bicyclic) bond motifs is 3. The molecule has 5 heteroatoms. The van der Waals surface area contributed by atoms with E-state index >= 15 is 0 Å². The number of carbonyl (C=O) groups is 2. The van der Waals surface area contributed by atoms with Gasteiger partial charge in [0.05, 0.1) is 11.3 Å². The lowest BCUT2D eigenvalue weighted by Crippen LogP contribution is -2.53. The zero-order valence-corrected chi connectivity index (χ0v) is 16.7. The van der Waals surface area contributed by atoms with Gasteiger partial charge in [0.25, 0.3) is 11.8 Å². The van der Waals surface area contributed by atoms with Gasteiger partial charge in [-0.1, -0.05) is 30.3 Å². The van der Waals surface area contributed by atoms with E-state index in [0.717, 1.165) is 30.4 Å². The van der Waals surface area contributed by atoms with Crippen molar-refractivity contribution in [3.05, 3.63) is 53.6 Å². The van der Waals surface area contributed by atoms with E-state index in [1.54, 1.807) is 9.80 Å². The molecule has 2 amide bonds. The first-order chi connectivity index (χ1) is 13.3. The number of aliphatic hydroxyl groups is 1. The molecule has 3 heterocycles. The molecule has 1 saturated heterocycles. The van der Waals surface area contributed by atoms with Gasteiger partial charge in [-0.25, -0.2) is 0 Å². The Morgan fingerprint density at radius 3 is 2.57 bits per heavy atom. The van der Waals surface area contributed by atoms with Crippen molar-refractivity contribution in [3.8, 4) is 0 Å². The molecule has 0 saturated carbocycles. The maximum atomic E-state index is 13.6. The molecule has 0 bridgehead atoms. The molecule has 5 nitrogen and oxygen atoms in total. The Bertz CT molecular complexity index is 880. The Morgan fingerprint density at radius 2 is 1.89 bits per heavy atom. The lowest BCUT2D eigenvalue weighted by atomic mass is 9.83. The Kier molecular flexibility index (Phi) is 4.46. The highest BCUT2D eigenvalue weighted by atomic mass is 16.3. The SMILES string of the molecule is C=CC[C@@]1(O)C(=O)N2C(=C1C(=O)N1CCCCC1)c1ccccc1CC2(C)C. The minimum absolute atomic E-state index is 0.0268. The normalized spacial score (nSPS) is 26.2. The number of rotatable bonds is 3. The smallest absolute Gasteiger partial charge is 0.264 e. The van der Waals surface area contributed by atoms with E-state index in [1.807, 2.05) is 38.1 Å². The topological polar surface area (TPSA) is 60.9 Å². The number of amides is 2. The maximum Gasteiger partial charge on any atom is 0.264 e. The van der Waals surface area contributed by atoms with E-state index in [-0.39, 0.29) is 17.9 Å². The number of hydrogen-bond acceptors (Lipinski definition) is 3. The third-order valence-corrected chi connectivity index (χ3v) is 6.23. The van der Waals surface area contributed by atoms with Gasteiger partial charge in [0.2, 0.25) is 0 Å². The van der Waals surface area contributed by atoms with E-state index in [0.29, 0.717) is 25.2 Å². The van der Waals surface area contributed by atoms with E-state index in [2.05, 4.69) is 6.58 Å². The second-order valence-electron chi connectivity index (χ2n) is 8.72. The average molecular weight is 380 g/mol. The molecule has 0 spiro atoms. The van der Waals surface area contributed by atoms with Crippen LogP contribution in [0.2, 0.25) is 0 Å². The lowest BCUT2D eigenvalue weighted by Gasteiger charge is -2.43. The number of hydrogen-bond donors (Lipinski definition) is 1. The second kappa shape index (κ2) is 6.59. The van der Waals surface area contributed by atoms with Crippen LogP contribution in [0.3, 0.4) is 0 Å². The Hall–Kier alpha value is -2.40. The largest absolute Gasteiger partial charge is 0.375 e. The predicted octanol–water partition coefficient (Wildman–Crippen LogP) is 2.89. The fourth-order valence-corrected chi connectivity index (χ4v) is 4.92. The third-order valence-electron chi connectivity index (χ3n) is 6.23. The number of nitrogens with zero attached hydrogens (tertiary/aromatic N) is 2. The highest BCUT2D eigenvalue weighted by molar-refractivity contribution is 6.17. The number of piperidine rings is 1. The summed E-state index contributed by atoms with van der Waals surface area (Å²) in [4.78, 5) is 30.6. The van der Waals surface area contributed by atoms with Crippen LogP contribution in [0, 0.1) is 0 Å². The molecule has 28 heavy (non-hydrogen) atoms. The molecule has 1 aromatic carbocycles. The van der Waals surface area contributed by atoms with Crippen molar-refractivity contribution in [1.29, 1.82) is 0 Å². The van der Waals surface area contributed by atoms with E-state index < -0.39 is 17.0 Å². The zero-order valence-electron chi connectivity index (χ0n) is 16.7. The minimum Gasteiger partial charge on any atom is -0.375 e. The molecule has 0 unspecified atom stereocenters. The summed E-state index contributed by atoms with van der Waals surface area (Å²) < 4.78 is 0. The standard InChI is InChI=1S/C23H28N2O3/c1-4-12-23(28)18(20(26)24-13-8-5-9-14-24)19-17-11-7-6-10-16(17)15-22(2,3)25(19)21(23)27/h4,6-7,10-11,28H,1,5,8-9,12-15H2,2-3H3/t23-/m0/s1. The summed E-state index contributed by atoms with van der Waals surface area (Å²) in [7, 11) is 0. The number of benzene rings is 1. The fraction of sp³-hybridized carbons (Fsp3) is 0.478. The Labute approximate surface area is 166 Å². The van der Waals surface area contributed by atoms with E-state index in [4.69, 9.17) is 0 Å². The van der Waals surface area contributed by atoms with Crippen molar-refractivity contribution in [3.63, 3.8) is 0 Å². The summed E-state index contributed by atoms with van der Waals surface area (Å²) in [5.41, 5.74) is 0.380. The number of carbonyl (C=O) groups excluding carboxylic acids is 2. The van der Waals surface area contributed by atoms with Crippen LogP contribution in [0.5, 0.6) is 0 Å². The van der Waals surface area contributed by atoms with Crippen LogP contribution in [0.4, 0.5) is 0 Å². The van der Waals surface area contributed by atoms with Crippen LogP contribution in [0.25, 0.3) is 5.70 Å². The first-order valence-electron chi connectivity index (χ1n) is 10.1. The van der Waals surface area contributed by atoms with Crippen molar-refractivity contribution in [2.24, 2.45) is 0 Å². The third kappa shape index (κ3) is 2.64. The molecule has 1 fully saturated rings.